The number of rotatable bonds is 4. The Kier molecular flexibility index (Phi) is 5.93. The summed E-state index contributed by atoms with van der Waals surface area (Å²) in [6, 6.07) is 7.14. The molecule has 6 heteroatoms. The van der Waals surface area contributed by atoms with Crippen LogP contribution in [-0.4, -0.2) is 25.7 Å². The summed E-state index contributed by atoms with van der Waals surface area (Å²) in [5.41, 5.74) is 0.942. The molecule has 1 aromatic rings. The van der Waals surface area contributed by atoms with Crippen molar-refractivity contribution in [2.45, 2.75) is 0 Å². The van der Waals surface area contributed by atoms with Crippen LogP contribution in [0, 0.1) is 0 Å². The van der Waals surface area contributed by atoms with Gasteiger partial charge in [-0.1, -0.05) is 28.1 Å². The van der Waals surface area contributed by atoms with Crippen LogP contribution in [0.2, 0.25) is 0 Å². The second-order valence-corrected chi connectivity index (χ2v) is 4.21. The van der Waals surface area contributed by atoms with Crippen LogP contribution in [-0.2, 0) is 9.53 Å². The van der Waals surface area contributed by atoms with E-state index in [9.17, 15) is 9.59 Å². The second kappa shape index (κ2) is 7.50. The van der Waals surface area contributed by atoms with Crippen molar-refractivity contribution in [3.8, 4) is 0 Å². The van der Waals surface area contributed by atoms with Crippen LogP contribution in [0.15, 0.2) is 34.9 Å². The molecule has 0 aliphatic heterocycles. The minimum atomic E-state index is -0.499. The smallest absolute Gasteiger partial charge is 0.325 e. The van der Waals surface area contributed by atoms with Crippen LogP contribution in [0.4, 0.5) is 4.79 Å². The Morgan fingerprint density at radius 1 is 1.44 bits per heavy atom. The average molecular weight is 313 g/mol. The van der Waals surface area contributed by atoms with Gasteiger partial charge in [-0.05, 0) is 23.8 Å². The maximum Gasteiger partial charge on any atom is 0.325 e. The number of hydrogen-bond acceptors (Lipinski definition) is 3. The number of carbonyl (C=O) groups excluding carboxylic acids is 2. The normalized spacial score (nSPS) is 10.1. The van der Waals surface area contributed by atoms with E-state index in [1.807, 2.05) is 24.3 Å². The van der Waals surface area contributed by atoms with E-state index in [4.69, 9.17) is 0 Å². The van der Waals surface area contributed by atoms with E-state index >= 15 is 0 Å². The Balaban J connectivity index is 2.36. The Hall–Kier alpha value is -1.82. The minimum Gasteiger partial charge on any atom is -0.468 e. The fourth-order valence-corrected chi connectivity index (χ4v) is 1.52. The Morgan fingerprint density at radius 3 is 2.89 bits per heavy atom. The number of benzene rings is 1. The van der Waals surface area contributed by atoms with Crippen molar-refractivity contribution in [1.82, 2.24) is 10.6 Å². The zero-order valence-corrected chi connectivity index (χ0v) is 11.4. The Labute approximate surface area is 113 Å². The highest BCUT2D eigenvalue weighted by Crippen LogP contribution is 2.12. The lowest BCUT2D eigenvalue weighted by Gasteiger charge is -2.02. The number of hydrogen-bond donors (Lipinski definition) is 2. The maximum absolute atomic E-state index is 11.2. The third kappa shape index (κ3) is 5.49. The van der Waals surface area contributed by atoms with Gasteiger partial charge in [0.1, 0.15) is 6.54 Å². The van der Waals surface area contributed by atoms with E-state index in [0.29, 0.717) is 0 Å². The van der Waals surface area contributed by atoms with Gasteiger partial charge in [-0.25, -0.2) is 4.79 Å². The first-order valence-corrected chi connectivity index (χ1v) is 5.94. The van der Waals surface area contributed by atoms with Crippen molar-refractivity contribution in [2.24, 2.45) is 0 Å². The average Bonchev–Trinajstić information content (AvgIpc) is 2.36. The van der Waals surface area contributed by atoms with Crippen LogP contribution in [0.1, 0.15) is 5.56 Å². The number of ether oxygens (including phenoxy) is 1. The SMILES string of the molecule is COC(=O)CNC(=O)N/C=C/c1cccc(Br)c1. The van der Waals surface area contributed by atoms with Gasteiger partial charge in [-0.15, -0.1) is 0 Å². The van der Waals surface area contributed by atoms with Gasteiger partial charge in [0.2, 0.25) is 0 Å². The molecule has 2 N–H and O–H groups in total. The van der Waals surface area contributed by atoms with E-state index in [2.05, 4.69) is 31.3 Å². The van der Waals surface area contributed by atoms with Gasteiger partial charge >= 0.3 is 12.0 Å². The van der Waals surface area contributed by atoms with Crippen molar-refractivity contribution < 1.29 is 14.3 Å². The van der Waals surface area contributed by atoms with E-state index in [1.54, 1.807) is 6.08 Å². The van der Waals surface area contributed by atoms with Gasteiger partial charge in [-0.3, -0.25) is 4.79 Å². The van der Waals surface area contributed by atoms with Crippen LogP contribution in [0.5, 0.6) is 0 Å². The first-order valence-electron chi connectivity index (χ1n) is 5.15. The van der Waals surface area contributed by atoms with Gasteiger partial charge in [-0.2, -0.15) is 0 Å². The monoisotopic (exact) mass is 312 g/mol. The standard InChI is InChI=1S/C12H13BrN2O3/c1-18-11(16)8-15-12(17)14-6-5-9-3-2-4-10(13)7-9/h2-7H,8H2,1H3,(H2,14,15,17)/b6-5+. The van der Waals surface area contributed by atoms with Gasteiger partial charge in [0.15, 0.2) is 0 Å². The van der Waals surface area contributed by atoms with E-state index < -0.39 is 12.0 Å². The molecule has 18 heavy (non-hydrogen) atoms. The largest absolute Gasteiger partial charge is 0.468 e. The Morgan fingerprint density at radius 2 is 2.22 bits per heavy atom. The predicted octanol–water partition coefficient (Wildman–Crippen LogP) is 1.89. The summed E-state index contributed by atoms with van der Waals surface area (Å²) in [5.74, 6) is -0.499. The summed E-state index contributed by atoms with van der Waals surface area (Å²) in [6.45, 7) is -0.160. The number of methoxy groups -OCH3 is 1. The lowest BCUT2D eigenvalue weighted by molar-refractivity contribution is -0.139. The molecule has 0 aromatic heterocycles. The molecule has 96 valence electrons. The van der Waals surface area contributed by atoms with Crippen molar-refractivity contribution in [3.63, 3.8) is 0 Å². The zero-order chi connectivity index (χ0) is 13.4. The summed E-state index contributed by atoms with van der Waals surface area (Å²) >= 11 is 3.35. The lowest BCUT2D eigenvalue weighted by atomic mass is 10.2. The predicted molar refractivity (Wildman–Crippen MR) is 71.7 cm³/mol. The van der Waals surface area contributed by atoms with Crippen molar-refractivity contribution in [3.05, 3.63) is 40.5 Å². The fourth-order valence-electron chi connectivity index (χ4n) is 1.10. The number of esters is 1. The van der Waals surface area contributed by atoms with Crippen LogP contribution < -0.4 is 10.6 Å². The van der Waals surface area contributed by atoms with Gasteiger partial charge in [0, 0.05) is 10.7 Å². The van der Waals surface area contributed by atoms with Gasteiger partial charge < -0.3 is 15.4 Å². The number of nitrogens with one attached hydrogen (secondary N) is 2. The molecule has 1 rings (SSSR count). The number of urea groups is 1. The quantitative estimate of drug-likeness (QED) is 0.834. The first kappa shape index (κ1) is 14.2. The third-order valence-electron chi connectivity index (χ3n) is 1.96. The summed E-state index contributed by atoms with van der Waals surface area (Å²) in [4.78, 5) is 22.0. The molecule has 1 aromatic carbocycles. The van der Waals surface area contributed by atoms with Crippen molar-refractivity contribution in [1.29, 1.82) is 0 Å². The molecule has 2 amide bonds. The molecule has 0 saturated carbocycles. The molecule has 0 radical (unpaired) electrons. The van der Waals surface area contributed by atoms with Crippen molar-refractivity contribution in [2.75, 3.05) is 13.7 Å². The molecule has 0 aliphatic carbocycles. The third-order valence-corrected chi connectivity index (χ3v) is 2.45. The summed E-state index contributed by atoms with van der Waals surface area (Å²) in [7, 11) is 1.26. The summed E-state index contributed by atoms with van der Waals surface area (Å²) in [5, 5.41) is 4.82. The number of halogens is 1. The highest BCUT2D eigenvalue weighted by Gasteiger charge is 2.02. The molecular weight excluding hydrogens is 300 g/mol. The topological polar surface area (TPSA) is 67.4 Å². The maximum atomic E-state index is 11.2. The van der Waals surface area contributed by atoms with Crippen LogP contribution >= 0.6 is 15.9 Å². The molecule has 0 heterocycles. The number of carbonyl (C=O) groups is 2. The number of amides is 2. The zero-order valence-electron chi connectivity index (χ0n) is 9.77. The Bertz CT molecular complexity index is 460. The van der Waals surface area contributed by atoms with Crippen molar-refractivity contribution >= 4 is 34.0 Å². The van der Waals surface area contributed by atoms with Gasteiger partial charge in [0.25, 0.3) is 0 Å². The van der Waals surface area contributed by atoms with E-state index in [0.717, 1.165) is 10.0 Å². The molecule has 0 fully saturated rings. The molecule has 0 bridgehead atoms. The molecular formula is C12H13BrN2O3. The summed E-state index contributed by atoms with van der Waals surface area (Å²) in [6.07, 6.45) is 3.23. The minimum absolute atomic E-state index is 0.160. The molecule has 0 aliphatic rings. The summed E-state index contributed by atoms with van der Waals surface area (Å²) < 4.78 is 5.34. The van der Waals surface area contributed by atoms with Crippen LogP contribution in [0.25, 0.3) is 6.08 Å². The van der Waals surface area contributed by atoms with Crippen LogP contribution in [0.3, 0.4) is 0 Å². The molecule has 5 nitrogen and oxygen atoms in total. The first-order chi connectivity index (χ1) is 8.61. The molecule has 0 atom stereocenters. The molecule has 0 spiro atoms. The second-order valence-electron chi connectivity index (χ2n) is 3.29. The fraction of sp³-hybridized carbons (Fsp3) is 0.167. The molecule has 0 unspecified atom stereocenters. The highest BCUT2D eigenvalue weighted by molar-refractivity contribution is 9.10. The molecule has 0 saturated heterocycles. The van der Waals surface area contributed by atoms with E-state index in [-0.39, 0.29) is 6.54 Å². The highest BCUT2D eigenvalue weighted by atomic mass is 79.9. The van der Waals surface area contributed by atoms with E-state index in [1.165, 1.54) is 13.3 Å². The van der Waals surface area contributed by atoms with Gasteiger partial charge in [0.05, 0.1) is 7.11 Å². The lowest BCUT2D eigenvalue weighted by Crippen LogP contribution is -2.36.